The molecule has 0 spiro atoms. The first-order valence-corrected chi connectivity index (χ1v) is 11.0. The molecule has 1 saturated carbocycles. The van der Waals surface area contributed by atoms with E-state index in [1.54, 1.807) is 18.3 Å². The Labute approximate surface area is 164 Å². The third kappa shape index (κ3) is 5.48. The van der Waals surface area contributed by atoms with Crippen LogP contribution in [0.15, 0.2) is 48.7 Å². The molecule has 1 aromatic carbocycles. The Morgan fingerprint density at radius 1 is 1.21 bits per heavy atom. The predicted octanol–water partition coefficient (Wildman–Crippen LogP) is 3.87. The Morgan fingerprint density at radius 3 is 2.61 bits per heavy atom. The van der Waals surface area contributed by atoms with E-state index < -0.39 is 34.3 Å². The summed E-state index contributed by atoms with van der Waals surface area (Å²) in [6.07, 6.45) is 1.09. The van der Waals surface area contributed by atoms with Crippen LogP contribution in [-0.4, -0.2) is 37.7 Å². The minimum Gasteiger partial charge on any atom is -0.493 e. The molecule has 0 bridgehead atoms. The van der Waals surface area contributed by atoms with E-state index in [4.69, 9.17) is 4.74 Å². The summed E-state index contributed by atoms with van der Waals surface area (Å²) in [5.41, 5.74) is 1.75. The topological polar surface area (TPSA) is 68.3 Å². The molecule has 3 rings (SSSR count). The van der Waals surface area contributed by atoms with E-state index in [1.165, 1.54) is 6.92 Å². The average Bonchev–Trinajstić information content (AvgIpc) is 2.69. The van der Waals surface area contributed by atoms with E-state index in [1.807, 2.05) is 30.3 Å². The zero-order chi connectivity index (χ0) is 20.2. The zero-order valence-electron chi connectivity index (χ0n) is 15.6. The third-order valence-corrected chi connectivity index (χ3v) is 6.36. The van der Waals surface area contributed by atoms with Crippen LogP contribution in [0.25, 0.3) is 11.3 Å². The van der Waals surface area contributed by atoms with Crippen molar-refractivity contribution >= 4 is 10.0 Å². The van der Waals surface area contributed by atoms with Crippen LogP contribution >= 0.6 is 0 Å². The Hall–Kier alpha value is -2.06. The van der Waals surface area contributed by atoms with Gasteiger partial charge in [0.15, 0.2) is 0 Å². The van der Waals surface area contributed by atoms with Crippen LogP contribution in [-0.2, 0) is 10.0 Å². The van der Waals surface area contributed by atoms with Gasteiger partial charge in [0, 0.05) is 36.6 Å². The van der Waals surface area contributed by atoms with Crippen molar-refractivity contribution in [3.8, 4) is 17.0 Å². The van der Waals surface area contributed by atoms with Crippen LogP contribution in [0.1, 0.15) is 26.2 Å². The summed E-state index contributed by atoms with van der Waals surface area (Å²) in [7, 11) is -3.47. The molecule has 152 valence electrons. The summed E-state index contributed by atoms with van der Waals surface area (Å²) in [6, 6.07) is 12.3. The molecule has 0 saturated heterocycles. The lowest BCUT2D eigenvalue weighted by Crippen LogP contribution is -2.48. The van der Waals surface area contributed by atoms with Gasteiger partial charge in [-0.25, -0.2) is 21.9 Å². The number of sulfonamides is 1. The van der Waals surface area contributed by atoms with Crippen LogP contribution in [0, 0.1) is 5.92 Å². The summed E-state index contributed by atoms with van der Waals surface area (Å²) in [5, 5.41) is 0. The number of benzene rings is 1. The molecule has 0 aliphatic heterocycles. The average molecular weight is 410 g/mol. The number of alkyl halides is 2. The van der Waals surface area contributed by atoms with Crippen molar-refractivity contribution in [3.63, 3.8) is 0 Å². The Kier molecular flexibility index (Phi) is 6.30. The normalized spacial score (nSPS) is 22.0. The van der Waals surface area contributed by atoms with Crippen molar-refractivity contribution in [2.45, 2.75) is 38.2 Å². The number of hydrogen-bond donors (Lipinski definition) is 1. The van der Waals surface area contributed by atoms with E-state index in [-0.39, 0.29) is 25.2 Å². The summed E-state index contributed by atoms with van der Waals surface area (Å²) < 4.78 is 59.8. The van der Waals surface area contributed by atoms with Crippen LogP contribution in [0.2, 0.25) is 0 Å². The summed E-state index contributed by atoms with van der Waals surface area (Å²) in [6.45, 7) is 1.55. The Morgan fingerprint density at radius 2 is 1.96 bits per heavy atom. The van der Waals surface area contributed by atoms with E-state index in [2.05, 4.69) is 9.71 Å². The van der Waals surface area contributed by atoms with Gasteiger partial charge in [-0.1, -0.05) is 6.07 Å². The second-order valence-electron chi connectivity index (χ2n) is 7.04. The highest BCUT2D eigenvalue weighted by molar-refractivity contribution is 7.89. The highest BCUT2D eigenvalue weighted by atomic mass is 32.2. The SMILES string of the molecule is CCS(=O)(=O)N[C@H]1CCC(F)(F)C[C@H]1COc1ccc(-c2ccccn2)cc1. The van der Waals surface area contributed by atoms with Gasteiger partial charge in [0.05, 0.1) is 18.1 Å². The third-order valence-electron chi connectivity index (χ3n) is 4.94. The van der Waals surface area contributed by atoms with E-state index >= 15 is 0 Å². The second kappa shape index (κ2) is 8.53. The number of nitrogens with zero attached hydrogens (tertiary/aromatic N) is 1. The van der Waals surface area contributed by atoms with Crippen molar-refractivity contribution in [1.29, 1.82) is 0 Å². The molecule has 1 aromatic heterocycles. The lowest BCUT2D eigenvalue weighted by atomic mass is 9.83. The smallest absolute Gasteiger partial charge is 0.248 e. The fourth-order valence-electron chi connectivity index (χ4n) is 3.33. The van der Waals surface area contributed by atoms with Crippen LogP contribution in [0.4, 0.5) is 8.78 Å². The lowest BCUT2D eigenvalue weighted by Gasteiger charge is -2.36. The first kappa shape index (κ1) is 20.7. The van der Waals surface area contributed by atoms with Crippen molar-refractivity contribution < 1.29 is 21.9 Å². The molecule has 1 fully saturated rings. The van der Waals surface area contributed by atoms with Gasteiger partial charge in [0.1, 0.15) is 5.75 Å². The molecule has 28 heavy (non-hydrogen) atoms. The summed E-state index contributed by atoms with van der Waals surface area (Å²) in [5.74, 6) is -2.93. The van der Waals surface area contributed by atoms with Gasteiger partial charge in [-0.05, 0) is 49.7 Å². The predicted molar refractivity (Wildman–Crippen MR) is 104 cm³/mol. The molecule has 1 aliphatic carbocycles. The number of ether oxygens (including phenoxy) is 1. The molecule has 5 nitrogen and oxygen atoms in total. The summed E-state index contributed by atoms with van der Waals surface area (Å²) in [4.78, 5) is 4.28. The molecule has 2 aromatic rings. The highest BCUT2D eigenvalue weighted by Crippen LogP contribution is 2.37. The molecule has 2 atom stereocenters. The standard InChI is InChI=1S/C20H24F2N2O3S/c1-2-28(25,26)24-19-10-11-20(21,22)13-16(19)14-27-17-8-6-15(7-9-17)18-5-3-4-12-23-18/h3-9,12,16,19,24H,2,10-11,13-14H2,1H3/t16-,19-/m0/s1. The number of halogens is 2. The fraction of sp³-hybridized carbons (Fsp3) is 0.450. The van der Waals surface area contributed by atoms with Crippen molar-refractivity contribution in [2.24, 2.45) is 5.92 Å². The van der Waals surface area contributed by atoms with Gasteiger partial charge >= 0.3 is 0 Å². The van der Waals surface area contributed by atoms with Crippen LogP contribution in [0.3, 0.4) is 0 Å². The van der Waals surface area contributed by atoms with Gasteiger partial charge < -0.3 is 4.74 Å². The van der Waals surface area contributed by atoms with Crippen LogP contribution < -0.4 is 9.46 Å². The summed E-state index contributed by atoms with van der Waals surface area (Å²) >= 11 is 0. The minimum atomic E-state index is -3.47. The first-order chi connectivity index (χ1) is 13.3. The van der Waals surface area contributed by atoms with Gasteiger partial charge in [-0.15, -0.1) is 0 Å². The number of hydrogen-bond acceptors (Lipinski definition) is 4. The number of aromatic nitrogens is 1. The van der Waals surface area contributed by atoms with Crippen LogP contribution in [0.5, 0.6) is 5.75 Å². The Bertz CT molecular complexity index is 874. The van der Waals surface area contributed by atoms with Crippen molar-refractivity contribution in [3.05, 3.63) is 48.7 Å². The maximum Gasteiger partial charge on any atom is 0.248 e. The fourth-order valence-corrected chi connectivity index (χ4v) is 4.27. The molecule has 1 heterocycles. The first-order valence-electron chi connectivity index (χ1n) is 9.30. The monoisotopic (exact) mass is 410 g/mol. The van der Waals surface area contributed by atoms with Gasteiger partial charge in [-0.3, -0.25) is 4.98 Å². The minimum absolute atomic E-state index is 0.0232. The number of pyridine rings is 1. The van der Waals surface area contributed by atoms with E-state index in [0.29, 0.717) is 5.75 Å². The molecule has 0 radical (unpaired) electrons. The van der Waals surface area contributed by atoms with E-state index in [9.17, 15) is 17.2 Å². The van der Waals surface area contributed by atoms with Gasteiger partial charge in [0.25, 0.3) is 0 Å². The molecule has 0 amide bonds. The quantitative estimate of drug-likeness (QED) is 0.752. The molecule has 1 aliphatic rings. The van der Waals surface area contributed by atoms with E-state index in [0.717, 1.165) is 11.3 Å². The second-order valence-corrected chi connectivity index (χ2v) is 9.08. The lowest BCUT2D eigenvalue weighted by molar-refractivity contribution is -0.0660. The maximum absolute atomic E-state index is 13.9. The zero-order valence-corrected chi connectivity index (χ0v) is 16.5. The largest absolute Gasteiger partial charge is 0.493 e. The Balaban J connectivity index is 1.66. The molecular weight excluding hydrogens is 386 g/mol. The van der Waals surface area contributed by atoms with Crippen molar-refractivity contribution in [1.82, 2.24) is 9.71 Å². The molecule has 0 unspecified atom stereocenters. The van der Waals surface area contributed by atoms with Crippen molar-refractivity contribution in [2.75, 3.05) is 12.4 Å². The van der Waals surface area contributed by atoms with Gasteiger partial charge in [0.2, 0.25) is 15.9 Å². The van der Waals surface area contributed by atoms with Gasteiger partial charge in [-0.2, -0.15) is 0 Å². The highest BCUT2D eigenvalue weighted by Gasteiger charge is 2.42. The number of nitrogens with one attached hydrogen (secondary N) is 1. The maximum atomic E-state index is 13.9. The molecular formula is C20H24F2N2O3S. The molecule has 1 N–H and O–H groups in total. The number of rotatable bonds is 7. The molecule has 8 heteroatoms.